The quantitative estimate of drug-likeness (QED) is 0.740. The summed E-state index contributed by atoms with van der Waals surface area (Å²) in [6, 6.07) is 7.56. The Morgan fingerprint density at radius 2 is 1.88 bits per heavy atom. The van der Waals surface area contributed by atoms with Crippen LogP contribution in [0.15, 0.2) is 24.3 Å². The molecule has 1 rings (SSSR count). The van der Waals surface area contributed by atoms with E-state index in [1.165, 1.54) is 7.05 Å². The maximum absolute atomic E-state index is 11.1. The van der Waals surface area contributed by atoms with Crippen LogP contribution in [0.25, 0.3) is 0 Å². The molecule has 17 heavy (non-hydrogen) atoms. The lowest BCUT2D eigenvalue weighted by Crippen LogP contribution is -2.25. The van der Waals surface area contributed by atoms with E-state index in [1.807, 2.05) is 24.3 Å². The molecular weight excluding hydrogens is 260 g/mol. The summed E-state index contributed by atoms with van der Waals surface area (Å²) in [6.45, 7) is 1.39. The second-order valence-corrected chi connectivity index (χ2v) is 6.16. The highest BCUT2D eigenvalue weighted by Gasteiger charge is 2.05. The SMILES string of the molecule is CNS(=O)(=O)CCCNCc1ccc(Cl)cc1. The van der Waals surface area contributed by atoms with Gasteiger partial charge in [0, 0.05) is 11.6 Å². The molecule has 1 aromatic rings. The molecule has 6 heteroatoms. The van der Waals surface area contributed by atoms with Crippen molar-refractivity contribution < 1.29 is 8.42 Å². The Bertz CT molecular complexity index is 431. The molecule has 0 radical (unpaired) electrons. The molecule has 96 valence electrons. The van der Waals surface area contributed by atoms with Crippen molar-refractivity contribution in [2.45, 2.75) is 13.0 Å². The minimum atomic E-state index is -3.08. The zero-order valence-electron chi connectivity index (χ0n) is 9.74. The van der Waals surface area contributed by atoms with Crippen molar-refractivity contribution in [3.8, 4) is 0 Å². The van der Waals surface area contributed by atoms with Crippen LogP contribution in [0.1, 0.15) is 12.0 Å². The third-order valence-corrected chi connectivity index (χ3v) is 4.02. The molecule has 0 aliphatic carbocycles. The van der Waals surface area contributed by atoms with E-state index in [0.717, 1.165) is 12.1 Å². The van der Waals surface area contributed by atoms with Gasteiger partial charge in [-0.3, -0.25) is 0 Å². The summed E-state index contributed by atoms with van der Waals surface area (Å²) < 4.78 is 24.5. The molecule has 0 aromatic heterocycles. The molecule has 4 nitrogen and oxygen atoms in total. The molecule has 0 aliphatic rings. The Morgan fingerprint density at radius 1 is 1.24 bits per heavy atom. The summed E-state index contributed by atoms with van der Waals surface area (Å²) in [6.07, 6.45) is 0.594. The predicted molar refractivity (Wildman–Crippen MR) is 70.6 cm³/mol. The molecule has 1 aromatic carbocycles. The first kappa shape index (κ1) is 14.4. The normalized spacial score (nSPS) is 11.6. The molecule has 0 bridgehead atoms. The van der Waals surface area contributed by atoms with Gasteiger partial charge in [-0.1, -0.05) is 23.7 Å². The molecule has 0 amide bonds. The standard InChI is InChI=1S/C11H17ClN2O2S/c1-13-17(15,16)8-2-7-14-9-10-3-5-11(12)6-4-10/h3-6,13-14H,2,7-9H2,1H3. The number of hydrogen-bond acceptors (Lipinski definition) is 3. The summed E-state index contributed by atoms with van der Waals surface area (Å²) in [7, 11) is -1.65. The van der Waals surface area contributed by atoms with Crippen LogP contribution in [0.4, 0.5) is 0 Å². The zero-order valence-corrected chi connectivity index (χ0v) is 11.3. The van der Waals surface area contributed by atoms with E-state index in [9.17, 15) is 8.42 Å². The summed E-state index contributed by atoms with van der Waals surface area (Å²) in [5.41, 5.74) is 1.13. The van der Waals surface area contributed by atoms with Gasteiger partial charge in [-0.15, -0.1) is 0 Å². The third kappa shape index (κ3) is 6.02. The van der Waals surface area contributed by atoms with Gasteiger partial charge in [0.05, 0.1) is 5.75 Å². The lowest BCUT2D eigenvalue weighted by atomic mass is 10.2. The summed E-state index contributed by atoms with van der Waals surface area (Å²) in [5, 5.41) is 3.90. The second-order valence-electron chi connectivity index (χ2n) is 3.68. The van der Waals surface area contributed by atoms with Crippen molar-refractivity contribution in [2.75, 3.05) is 19.3 Å². The second kappa shape index (κ2) is 6.96. The van der Waals surface area contributed by atoms with Gasteiger partial charge in [-0.2, -0.15) is 0 Å². The summed E-state index contributed by atoms with van der Waals surface area (Å²) in [5.74, 6) is 0.150. The molecule has 0 unspecified atom stereocenters. The lowest BCUT2D eigenvalue weighted by Gasteiger charge is -2.05. The predicted octanol–water partition coefficient (Wildman–Crippen LogP) is 1.37. The number of benzene rings is 1. The average Bonchev–Trinajstić information content (AvgIpc) is 2.31. The number of nitrogens with one attached hydrogen (secondary N) is 2. The fourth-order valence-electron chi connectivity index (χ4n) is 1.32. The van der Waals surface area contributed by atoms with Gasteiger partial charge < -0.3 is 5.32 Å². The van der Waals surface area contributed by atoms with E-state index in [2.05, 4.69) is 10.0 Å². The van der Waals surface area contributed by atoms with E-state index in [-0.39, 0.29) is 5.75 Å². The Hall–Kier alpha value is -0.620. The molecule has 0 saturated heterocycles. The van der Waals surface area contributed by atoms with Crippen molar-refractivity contribution in [1.29, 1.82) is 0 Å². The molecule has 0 aliphatic heterocycles. The average molecular weight is 277 g/mol. The molecular formula is C11H17ClN2O2S. The van der Waals surface area contributed by atoms with Gasteiger partial charge in [0.2, 0.25) is 10.0 Å². The Kier molecular flexibility index (Phi) is 5.91. The van der Waals surface area contributed by atoms with Gasteiger partial charge in [0.25, 0.3) is 0 Å². The molecule has 2 N–H and O–H groups in total. The number of halogens is 1. The van der Waals surface area contributed by atoms with E-state index in [4.69, 9.17) is 11.6 Å². The maximum atomic E-state index is 11.1. The van der Waals surface area contributed by atoms with Gasteiger partial charge in [-0.25, -0.2) is 13.1 Å². The van der Waals surface area contributed by atoms with Crippen molar-refractivity contribution in [2.24, 2.45) is 0 Å². The van der Waals surface area contributed by atoms with E-state index in [0.29, 0.717) is 18.0 Å². The van der Waals surface area contributed by atoms with Gasteiger partial charge in [0.15, 0.2) is 0 Å². The van der Waals surface area contributed by atoms with Crippen molar-refractivity contribution in [1.82, 2.24) is 10.0 Å². The first-order chi connectivity index (χ1) is 8.03. The smallest absolute Gasteiger partial charge is 0.211 e. The van der Waals surface area contributed by atoms with Crippen molar-refractivity contribution >= 4 is 21.6 Å². The Labute approximate surface area is 107 Å². The van der Waals surface area contributed by atoms with Crippen LogP contribution in [-0.2, 0) is 16.6 Å². The fraction of sp³-hybridized carbons (Fsp3) is 0.455. The van der Waals surface area contributed by atoms with E-state index >= 15 is 0 Å². The third-order valence-electron chi connectivity index (χ3n) is 2.32. The van der Waals surface area contributed by atoms with Crippen LogP contribution in [-0.4, -0.2) is 27.8 Å². The molecule has 0 heterocycles. The molecule has 0 spiro atoms. The van der Waals surface area contributed by atoms with Crippen LogP contribution >= 0.6 is 11.6 Å². The van der Waals surface area contributed by atoms with E-state index in [1.54, 1.807) is 0 Å². The van der Waals surface area contributed by atoms with Gasteiger partial charge >= 0.3 is 0 Å². The van der Waals surface area contributed by atoms with Crippen LogP contribution in [0.3, 0.4) is 0 Å². The largest absolute Gasteiger partial charge is 0.313 e. The van der Waals surface area contributed by atoms with Crippen LogP contribution < -0.4 is 10.0 Å². The van der Waals surface area contributed by atoms with Gasteiger partial charge in [0.1, 0.15) is 0 Å². The van der Waals surface area contributed by atoms with Crippen LogP contribution in [0, 0.1) is 0 Å². The fourth-order valence-corrected chi connectivity index (χ4v) is 2.18. The Morgan fingerprint density at radius 3 is 2.47 bits per heavy atom. The summed E-state index contributed by atoms with van der Waals surface area (Å²) in [4.78, 5) is 0. The van der Waals surface area contributed by atoms with Gasteiger partial charge in [-0.05, 0) is 37.7 Å². The highest BCUT2D eigenvalue weighted by Crippen LogP contribution is 2.08. The number of rotatable bonds is 7. The van der Waals surface area contributed by atoms with E-state index < -0.39 is 10.0 Å². The first-order valence-electron chi connectivity index (χ1n) is 5.40. The minimum Gasteiger partial charge on any atom is -0.313 e. The van der Waals surface area contributed by atoms with Crippen LogP contribution in [0.5, 0.6) is 0 Å². The van der Waals surface area contributed by atoms with Crippen molar-refractivity contribution in [3.63, 3.8) is 0 Å². The molecule has 0 saturated carbocycles. The Balaban J connectivity index is 2.19. The molecule has 0 fully saturated rings. The van der Waals surface area contributed by atoms with Crippen molar-refractivity contribution in [3.05, 3.63) is 34.9 Å². The highest BCUT2D eigenvalue weighted by atomic mass is 35.5. The topological polar surface area (TPSA) is 58.2 Å². The zero-order chi connectivity index (χ0) is 12.7. The minimum absolute atomic E-state index is 0.150. The van der Waals surface area contributed by atoms with Crippen LogP contribution in [0.2, 0.25) is 5.02 Å². The molecule has 0 atom stereocenters. The lowest BCUT2D eigenvalue weighted by molar-refractivity contribution is 0.581. The first-order valence-corrected chi connectivity index (χ1v) is 7.43. The number of sulfonamides is 1. The summed E-state index contributed by atoms with van der Waals surface area (Å²) >= 11 is 5.77. The maximum Gasteiger partial charge on any atom is 0.211 e. The number of hydrogen-bond donors (Lipinski definition) is 2. The highest BCUT2D eigenvalue weighted by molar-refractivity contribution is 7.89. The monoisotopic (exact) mass is 276 g/mol.